The second-order valence-electron chi connectivity index (χ2n) is 5.62. The third-order valence-corrected chi connectivity index (χ3v) is 4.54. The number of carbonyl (C=O) groups excluding carboxylic acids is 3. The van der Waals surface area contributed by atoms with Crippen molar-refractivity contribution in [1.29, 1.82) is 0 Å². The van der Waals surface area contributed by atoms with Gasteiger partial charge in [-0.2, -0.15) is 0 Å². The molecule has 2 amide bonds. The lowest BCUT2D eigenvalue weighted by Crippen LogP contribution is -2.50. The zero-order valence-electron chi connectivity index (χ0n) is 11.2. The minimum atomic E-state index is -1.18. The highest BCUT2D eigenvalue weighted by Crippen LogP contribution is 2.52. The quantitative estimate of drug-likeness (QED) is 0.726. The smallest absolute Gasteiger partial charge is 0.305 e. The average molecular weight is 291 g/mol. The monoisotopic (exact) mass is 291 g/mol. The Bertz CT molecular complexity index is 568. The maximum atomic E-state index is 12.2. The van der Waals surface area contributed by atoms with Crippen molar-refractivity contribution in [2.45, 2.75) is 19.3 Å². The standard InChI is InChI=1S/C14H16N2O5/c17-12(9-2-1-5-21-9)15-16-13(18)10-7-3-4-8(6-7)11(10)14(19)20/h1-2,5,7-8,10-11H,3-4,6H2,(H,15,17)(H,16,18)(H,19,20)/p-1/t7-,8-,10+,11-/m0/s1. The third kappa shape index (κ3) is 2.39. The van der Waals surface area contributed by atoms with Gasteiger partial charge in [-0.1, -0.05) is 0 Å². The molecule has 3 rings (SSSR count). The van der Waals surface area contributed by atoms with Crippen molar-refractivity contribution < 1.29 is 23.9 Å². The molecule has 7 heteroatoms. The van der Waals surface area contributed by atoms with Crippen molar-refractivity contribution in [2.75, 3.05) is 0 Å². The molecular formula is C14H15N2O5-. The van der Waals surface area contributed by atoms with Crippen LogP contribution < -0.4 is 16.0 Å². The Labute approximate surface area is 120 Å². The molecule has 2 bridgehead atoms. The van der Waals surface area contributed by atoms with Gasteiger partial charge in [0.25, 0.3) is 0 Å². The fourth-order valence-electron chi connectivity index (χ4n) is 3.68. The van der Waals surface area contributed by atoms with E-state index in [2.05, 4.69) is 10.9 Å². The zero-order valence-corrected chi connectivity index (χ0v) is 11.2. The summed E-state index contributed by atoms with van der Waals surface area (Å²) in [4.78, 5) is 35.1. The van der Waals surface area contributed by atoms with Gasteiger partial charge >= 0.3 is 5.91 Å². The summed E-state index contributed by atoms with van der Waals surface area (Å²) >= 11 is 0. The number of fused-ring (bicyclic) bond motifs is 2. The molecule has 1 heterocycles. The predicted octanol–water partition coefficient (Wildman–Crippen LogP) is -0.547. The Morgan fingerprint density at radius 2 is 1.86 bits per heavy atom. The van der Waals surface area contributed by atoms with Crippen molar-refractivity contribution in [3.8, 4) is 0 Å². The molecule has 0 aromatic carbocycles. The highest BCUT2D eigenvalue weighted by atomic mass is 16.4. The molecular weight excluding hydrogens is 276 g/mol. The van der Waals surface area contributed by atoms with Crippen LogP contribution in [0.5, 0.6) is 0 Å². The molecule has 4 atom stereocenters. The van der Waals surface area contributed by atoms with Crippen molar-refractivity contribution >= 4 is 17.8 Å². The van der Waals surface area contributed by atoms with Crippen LogP contribution in [0.1, 0.15) is 29.8 Å². The molecule has 2 aliphatic carbocycles. The van der Waals surface area contributed by atoms with E-state index in [1.807, 2.05) is 0 Å². The number of hydrogen-bond donors (Lipinski definition) is 2. The van der Waals surface area contributed by atoms with Crippen LogP contribution in [0.25, 0.3) is 0 Å². The maximum Gasteiger partial charge on any atom is 0.305 e. The van der Waals surface area contributed by atoms with Gasteiger partial charge in [-0.15, -0.1) is 0 Å². The highest BCUT2D eigenvalue weighted by molar-refractivity contribution is 5.93. The molecule has 0 unspecified atom stereocenters. The first-order valence-electron chi connectivity index (χ1n) is 6.92. The summed E-state index contributed by atoms with van der Waals surface area (Å²) in [5, 5.41) is 11.2. The summed E-state index contributed by atoms with van der Waals surface area (Å²) < 4.78 is 4.89. The van der Waals surface area contributed by atoms with Crippen LogP contribution in [0.2, 0.25) is 0 Å². The summed E-state index contributed by atoms with van der Waals surface area (Å²) in [7, 11) is 0. The first-order chi connectivity index (χ1) is 10.1. The van der Waals surface area contributed by atoms with Gasteiger partial charge in [0, 0.05) is 11.9 Å². The molecule has 0 spiro atoms. The molecule has 2 fully saturated rings. The first-order valence-corrected chi connectivity index (χ1v) is 6.92. The lowest BCUT2D eigenvalue weighted by Gasteiger charge is -2.30. The van der Waals surface area contributed by atoms with E-state index in [1.165, 1.54) is 12.3 Å². The van der Waals surface area contributed by atoms with Gasteiger partial charge in [0.1, 0.15) is 0 Å². The van der Waals surface area contributed by atoms with E-state index in [-0.39, 0.29) is 17.6 Å². The number of carbonyl (C=O) groups is 3. The number of hydrazine groups is 1. The van der Waals surface area contributed by atoms with Crippen LogP contribution in [0.15, 0.2) is 22.8 Å². The van der Waals surface area contributed by atoms with Gasteiger partial charge in [-0.3, -0.25) is 20.4 Å². The van der Waals surface area contributed by atoms with E-state index >= 15 is 0 Å². The summed E-state index contributed by atoms with van der Waals surface area (Å²) in [6.45, 7) is 0. The largest absolute Gasteiger partial charge is 0.550 e. The molecule has 112 valence electrons. The number of hydrogen-bond acceptors (Lipinski definition) is 5. The normalized spacial score (nSPS) is 30.1. The summed E-state index contributed by atoms with van der Waals surface area (Å²) in [5.74, 6) is -3.50. The molecule has 1 aromatic rings. The molecule has 2 saturated carbocycles. The molecule has 7 nitrogen and oxygen atoms in total. The summed E-state index contributed by atoms with van der Waals surface area (Å²) in [5.41, 5.74) is 4.53. The summed E-state index contributed by atoms with van der Waals surface area (Å²) in [6.07, 6.45) is 3.76. The van der Waals surface area contributed by atoms with Gasteiger partial charge < -0.3 is 14.3 Å². The number of carboxylic acid groups (broad SMARTS) is 1. The van der Waals surface area contributed by atoms with Crippen LogP contribution >= 0.6 is 0 Å². The first kappa shape index (κ1) is 13.7. The van der Waals surface area contributed by atoms with E-state index in [0.29, 0.717) is 0 Å². The topological polar surface area (TPSA) is 111 Å². The molecule has 0 radical (unpaired) electrons. The number of aliphatic carboxylic acids is 1. The number of furan rings is 1. The van der Waals surface area contributed by atoms with Crippen molar-refractivity contribution in [3.63, 3.8) is 0 Å². The summed E-state index contributed by atoms with van der Waals surface area (Å²) in [6, 6.07) is 3.02. The van der Waals surface area contributed by atoms with E-state index < -0.39 is 29.6 Å². The van der Waals surface area contributed by atoms with Crippen LogP contribution in [0, 0.1) is 23.7 Å². The van der Waals surface area contributed by atoms with E-state index in [0.717, 1.165) is 19.3 Å². The van der Waals surface area contributed by atoms with Crippen molar-refractivity contribution in [2.24, 2.45) is 23.7 Å². The number of amides is 2. The SMILES string of the molecule is O=C(NNC(=O)[C@@H]1[C@H]2CC[C@@H](C2)[C@@H]1C(=O)[O-])c1ccco1. The maximum absolute atomic E-state index is 12.2. The number of nitrogens with one attached hydrogen (secondary N) is 2. The second kappa shape index (κ2) is 5.23. The zero-order chi connectivity index (χ0) is 15.0. The molecule has 2 N–H and O–H groups in total. The van der Waals surface area contributed by atoms with Crippen molar-refractivity contribution in [3.05, 3.63) is 24.2 Å². The molecule has 0 aliphatic heterocycles. The highest BCUT2D eigenvalue weighted by Gasteiger charge is 2.51. The van der Waals surface area contributed by atoms with Gasteiger partial charge in [0.2, 0.25) is 5.91 Å². The minimum Gasteiger partial charge on any atom is -0.550 e. The van der Waals surface area contributed by atoms with Crippen LogP contribution in [-0.2, 0) is 9.59 Å². The Morgan fingerprint density at radius 1 is 1.14 bits per heavy atom. The van der Waals surface area contributed by atoms with Gasteiger partial charge in [0.15, 0.2) is 5.76 Å². The Balaban J connectivity index is 1.62. The number of carboxylic acids is 1. The molecule has 0 saturated heterocycles. The molecule has 1 aromatic heterocycles. The Morgan fingerprint density at radius 3 is 2.48 bits per heavy atom. The second-order valence-corrected chi connectivity index (χ2v) is 5.62. The van der Waals surface area contributed by atoms with Gasteiger partial charge in [0.05, 0.1) is 12.2 Å². The molecule has 21 heavy (non-hydrogen) atoms. The average Bonchev–Trinajstić information content (AvgIpc) is 3.17. The van der Waals surface area contributed by atoms with Crippen LogP contribution in [-0.4, -0.2) is 17.8 Å². The van der Waals surface area contributed by atoms with Crippen LogP contribution in [0.4, 0.5) is 0 Å². The Hall–Kier alpha value is -2.31. The fourth-order valence-corrected chi connectivity index (χ4v) is 3.68. The lowest BCUT2D eigenvalue weighted by atomic mass is 9.79. The lowest BCUT2D eigenvalue weighted by molar-refractivity contribution is -0.314. The Kier molecular flexibility index (Phi) is 3.40. The van der Waals surface area contributed by atoms with E-state index in [4.69, 9.17) is 4.42 Å². The van der Waals surface area contributed by atoms with E-state index in [1.54, 1.807) is 6.07 Å². The van der Waals surface area contributed by atoms with Gasteiger partial charge in [-0.05, 0) is 43.2 Å². The van der Waals surface area contributed by atoms with E-state index in [9.17, 15) is 19.5 Å². The fraction of sp³-hybridized carbons (Fsp3) is 0.500. The number of rotatable bonds is 3. The third-order valence-electron chi connectivity index (χ3n) is 4.54. The predicted molar refractivity (Wildman–Crippen MR) is 67.1 cm³/mol. The van der Waals surface area contributed by atoms with Gasteiger partial charge in [-0.25, -0.2) is 0 Å². The van der Waals surface area contributed by atoms with Crippen LogP contribution in [0.3, 0.4) is 0 Å². The van der Waals surface area contributed by atoms with Crippen molar-refractivity contribution in [1.82, 2.24) is 10.9 Å². The molecule has 2 aliphatic rings. The minimum absolute atomic E-state index is 0.0107.